The van der Waals surface area contributed by atoms with E-state index in [-0.39, 0.29) is 10.7 Å². The Kier molecular flexibility index (Phi) is 4.26. The average molecular weight is 343 g/mol. The van der Waals surface area contributed by atoms with Gasteiger partial charge in [0, 0.05) is 6.07 Å². The Labute approximate surface area is 140 Å². The molecule has 0 saturated carbocycles. The summed E-state index contributed by atoms with van der Waals surface area (Å²) in [4.78, 5) is 0.142. The minimum atomic E-state index is -3.70. The van der Waals surface area contributed by atoms with Crippen molar-refractivity contribution in [3.05, 3.63) is 60.2 Å². The maximum atomic E-state index is 12.4. The molecule has 0 atom stereocenters. The fourth-order valence-electron chi connectivity index (χ4n) is 2.21. The van der Waals surface area contributed by atoms with Gasteiger partial charge in [0.15, 0.2) is 5.82 Å². The smallest absolute Gasteiger partial charge is 0.263 e. The predicted molar refractivity (Wildman–Crippen MR) is 92.6 cm³/mol. The van der Waals surface area contributed by atoms with Gasteiger partial charge in [-0.15, -0.1) is 0 Å². The Morgan fingerprint density at radius 2 is 1.71 bits per heavy atom. The maximum Gasteiger partial charge on any atom is 0.263 e. The molecule has 6 nitrogen and oxygen atoms in total. The van der Waals surface area contributed by atoms with Gasteiger partial charge >= 0.3 is 0 Å². The first-order valence-corrected chi connectivity index (χ1v) is 8.75. The van der Waals surface area contributed by atoms with Crippen molar-refractivity contribution in [2.45, 2.75) is 11.8 Å². The number of anilines is 1. The average Bonchev–Trinajstić information content (AvgIpc) is 3.03. The van der Waals surface area contributed by atoms with Crippen LogP contribution in [-0.2, 0) is 10.0 Å². The second kappa shape index (κ2) is 6.37. The molecule has 0 bridgehead atoms. The van der Waals surface area contributed by atoms with Crippen LogP contribution in [0.4, 0.5) is 5.82 Å². The largest absolute Gasteiger partial charge is 0.497 e. The summed E-state index contributed by atoms with van der Waals surface area (Å²) < 4.78 is 32.3. The minimum absolute atomic E-state index is 0.142. The normalized spacial score (nSPS) is 11.2. The van der Waals surface area contributed by atoms with Crippen molar-refractivity contribution in [1.29, 1.82) is 0 Å². The number of nitrogens with one attached hydrogen (secondary N) is 2. The lowest BCUT2D eigenvalue weighted by molar-refractivity contribution is 0.414. The number of aryl methyl sites for hydroxylation is 1. The van der Waals surface area contributed by atoms with E-state index in [1.165, 1.54) is 19.2 Å². The predicted octanol–water partition coefficient (Wildman–Crippen LogP) is 3.19. The van der Waals surface area contributed by atoms with Crippen LogP contribution in [0.1, 0.15) is 5.56 Å². The highest BCUT2D eigenvalue weighted by atomic mass is 32.2. The number of sulfonamides is 1. The highest BCUT2D eigenvalue weighted by molar-refractivity contribution is 7.92. The van der Waals surface area contributed by atoms with Gasteiger partial charge in [-0.2, -0.15) is 5.10 Å². The monoisotopic (exact) mass is 343 g/mol. The third-order valence-corrected chi connectivity index (χ3v) is 4.92. The molecule has 0 spiro atoms. The highest BCUT2D eigenvalue weighted by Gasteiger charge is 2.16. The van der Waals surface area contributed by atoms with E-state index in [9.17, 15) is 8.42 Å². The number of aromatic nitrogens is 2. The zero-order chi connectivity index (χ0) is 17.2. The van der Waals surface area contributed by atoms with Gasteiger partial charge in [0.2, 0.25) is 0 Å². The van der Waals surface area contributed by atoms with E-state index in [0.717, 1.165) is 16.8 Å². The summed E-state index contributed by atoms with van der Waals surface area (Å²) in [5.74, 6) is 0.830. The molecule has 124 valence electrons. The fraction of sp³-hybridized carbons (Fsp3) is 0.118. The van der Waals surface area contributed by atoms with Crippen molar-refractivity contribution in [1.82, 2.24) is 10.2 Å². The second-order valence-electron chi connectivity index (χ2n) is 5.31. The highest BCUT2D eigenvalue weighted by Crippen LogP contribution is 2.22. The third-order valence-electron chi connectivity index (χ3n) is 3.55. The first-order valence-electron chi connectivity index (χ1n) is 7.27. The molecule has 24 heavy (non-hydrogen) atoms. The van der Waals surface area contributed by atoms with Crippen LogP contribution in [-0.4, -0.2) is 25.7 Å². The lowest BCUT2D eigenvalue weighted by Gasteiger charge is -2.06. The Hall–Kier alpha value is -2.80. The van der Waals surface area contributed by atoms with E-state index in [4.69, 9.17) is 4.74 Å². The molecule has 0 aliphatic heterocycles. The van der Waals surface area contributed by atoms with Gasteiger partial charge in [-0.05, 0) is 36.8 Å². The quantitative estimate of drug-likeness (QED) is 0.745. The topological polar surface area (TPSA) is 84.1 Å². The zero-order valence-electron chi connectivity index (χ0n) is 13.3. The Bertz CT molecular complexity index is 930. The van der Waals surface area contributed by atoms with Crippen molar-refractivity contribution in [3.63, 3.8) is 0 Å². The molecule has 0 aliphatic rings. The van der Waals surface area contributed by atoms with Gasteiger partial charge < -0.3 is 4.74 Å². The molecular weight excluding hydrogens is 326 g/mol. The second-order valence-corrected chi connectivity index (χ2v) is 7.00. The molecule has 0 radical (unpaired) electrons. The van der Waals surface area contributed by atoms with Crippen LogP contribution in [0.15, 0.2) is 59.5 Å². The molecule has 0 aliphatic carbocycles. The molecule has 2 N–H and O–H groups in total. The lowest BCUT2D eigenvalue weighted by atomic mass is 10.1. The minimum Gasteiger partial charge on any atom is -0.497 e. The number of nitrogens with zero attached hydrogens (tertiary/aromatic N) is 1. The van der Waals surface area contributed by atoms with E-state index in [1.807, 2.05) is 31.2 Å². The summed E-state index contributed by atoms with van der Waals surface area (Å²) >= 11 is 0. The number of rotatable bonds is 5. The SMILES string of the molecule is COc1ccc(S(=O)(=O)Nc2cc(-c3ccc(C)cc3)[nH]n2)cc1. The van der Waals surface area contributed by atoms with Gasteiger partial charge in [-0.3, -0.25) is 9.82 Å². The molecule has 0 unspecified atom stereocenters. The summed E-state index contributed by atoms with van der Waals surface area (Å²) in [6.07, 6.45) is 0. The van der Waals surface area contributed by atoms with Gasteiger partial charge in [0.05, 0.1) is 17.7 Å². The zero-order valence-corrected chi connectivity index (χ0v) is 14.1. The maximum absolute atomic E-state index is 12.4. The number of ether oxygens (including phenoxy) is 1. The van der Waals surface area contributed by atoms with Crippen LogP contribution in [0.25, 0.3) is 11.3 Å². The summed E-state index contributed by atoms with van der Waals surface area (Å²) in [5, 5.41) is 6.86. The van der Waals surface area contributed by atoms with Crippen LogP contribution >= 0.6 is 0 Å². The van der Waals surface area contributed by atoms with Crippen molar-refractivity contribution >= 4 is 15.8 Å². The molecule has 0 amide bonds. The van der Waals surface area contributed by atoms with Crippen LogP contribution in [0, 0.1) is 6.92 Å². The van der Waals surface area contributed by atoms with Crippen molar-refractivity contribution < 1.29 is 13.2 Å². The van der Waals surface area contributed by atoms with Crippen molar-refractivity contribution in [2.75, 3.05) is 11.8 Å². The van der Waals surface area contributed by atoms with Crippen molar-refractivity contribution in [2.24, 2.45) is 0 Å². The van der Waals surface area contributed by atoms with Gasteiger partial charge in [0.25, 0.3) is 10.0 Å². The number of H-pyrrole nitrogens is 1. The Balaban J connectivity index is 1.81. The van der Waals surface area contributed by atoms with Crippen LogP contribution in [0.3, 0.4) is 0 Å². The third kappa shape index (κ3) is 3.41. The first-order chi connectivity index (χ1) is 11.5. The summed E-state index contributed by atoms with van der Waals surface area (Å²) in [6.45, 7) is 2.01. The molecule has 3 aromatic rings. The van der Waals surface area contributed by atoms with Crippen molar-refractivity contribution in [3.8, 4) is 17.0 Å². The number of aromatic amines is 1. The standard InChI is InChI=1S/C17H17N3O3S/c1-12-3-5-13(6-4-12)16-11-17(19-18-16)20-24(21,22)15-9-7-14(23-2)8-10-15/h3-11H,1-2H3,(H2,18,19,20). The Morgan fingerprint density at radius 1 is 1.04 bits per heavy atom. The van der Waals surface area contributed by atoms with E-state index in [2.05, 4.69) is 14.9 Å². The summed E-state index contributed by atoms with van der Waals surface area (Å²) in [5.41, 5.74) is 2.82. The van der Waals surface area contributed by atoms with E-state index >= 15 is 0 Å². The number of methoxy groups -OCH3 is 1. The molecule has 1 aromatic heterocycles. The van der Waals surface area contributed by atoms with E-state index in [1.54, 1.807) is 18.2 Å². The molecular formula is C17H17N3O3S. The van der Waals surface area contributed by atoms with E-state index < -0.39 is 10.0 Å². The van der Waals surface area contributed by atoms with Gasteiger partial charge in [-0.25, -0.2) is 8.42 Å². The molecule has 1 heterocycles. The molecule has 0 fully saturated rings. The molecule has 2 aromatic carbocycles. The fourth-order valence-corrected chi connectivity index (χ4v) is 3.20. The number of hydrogen-bond donors (Lipinski definition) is 2. The summed E-state index contributed by atoms with van der Waals surface area (Å²) in [7, 11) is -2.18. The lowest BCUT2D eigenvalue weighted by Crippen LogP contribution is -2.13. The summed E-state index contributed by atoms with van der Waals surface area (Å²) in [6, 6.07) is 15.7. The first kappa shape index (κ1) is 16.1. The van der Waals surface area contributed by atoms with Gasteiger partial charge in [0.1, 0.15) is 5.75 Å². The van der Waals surface area contributed by atoms with Crippen LogP contribution < -0.4 is 9.46 Å². The Morgan fingerprint density at radius 3 is 2.33 bits per heavy atom. The van der Waals surface area contributed by atoms with Crippen LogP contribution in [0.5, 0.6) is 5.75 Å². The number of benzene rings is 2. The molecule has 7 heteroatoms. The van der Waals surface area contributed by atoms with E-state index in [0.29, 0.717) is 5.75 Å². The van der Waals surface area contributed by atoms with Gasteiger partial charge in [-0.1, -0.05) is 29.8 Å². The molecule has 3 rings (SSSR count). The number of hydrogen-bond acceptors (Lipinski definition) is 4. The molecule has 0 saturated heterocycles. The van der Waals surface area contributed by atoms with Crippen LogP contribution in [0.2, 0.25) is 0 Å².